The molecule has 106 valence electrons. The molecule has 20 heavy (non-hydrogen) atoms. The van der Waals surface area contributed by atoms with Gasteiger partial charge in [0.1, 0.15) is 0 Å². The van der Waals surface area contributed by atoms with E-state index in [9.17, 15) is 4.79 Å². The second-order valence-corrected chi connectivity index (χ2v) is 5.60. The molecule has 0 saturated heterocycles. The molecular formula is C16H20N2O2. The number of ether oxygens (including phenoxy) is 1. The first-order valence-electron chi connectivity index (χ1n) is 7.31. The fraction of sp³-hybridized carbons (Fsp3) is 0.500. The summed E-state index contributed by atoms with van der Waals surface area (Å²) in [7, 11) is 1.41. The summed E-state index contributed by atoms with van der Waals surface area (Å²) < 4.78 is 6.96. The smallest absolute Gasteiger partial charge is 0.337 e. The van der Waals surface area contributed by atoms with Crippen LogP contribution in [0.25, 0.3) is 11.0 Å². The minimum atomic E-state index is -0.294. The van der Waals surface area contributed by atoms with E-state index in [2.05, 4.69) is 9.55 Å². The predicted molar refractivity (Wildman–Crippen MR) is 77.6 cm³/mol. The Morgan fingerprint density at radius 1 is 1.35 bits per heavy atom. The topological polar surface area (TPSA) is 44.1 Å². The number of fused-ring (bicyclic) bond motifs is 1. The monoisotopic (exact) mass is 272 g/mol. The van der Waals surface area contributed by atoms with Crippen LogP contribution >= 0.6 is 0 Å². The van der Waals surface area contributed by atoms with Gasteiger partial charge in [-0.2, -0.15) is 0 Å². The summed E-state index contributed by atoms with van der Waals surface area (Å²) in [5.41, 5.74) is 2.55. The zero-order chi connectivity index (χ0) is 13.9. The minimum Gasteiger partial charge on any atom is -0.465 e. The van der Waals surface area contributed by atoms with Crippen LogP contribution in [0.4, 0.5) is 0 Å². The third-order valence-electron chi connectivity index (χ3n) is 4.22. The van der Waals surface area contributed by atoms with Crippen LogP contribution in [0, 0.1) is 5.92 Å². The van der Waals surface area contributed by atoms with E-state index >= 15 is 0 Å². The Bertz CT molecular complexity index is 612. The molecule has 0 unspecified atom stereocenters. The van der Waals surface area contributed by atoms with E-state index in [0.29, 0.717) is 5.56 Å². The first-order valence-corrected chi connectivity index (χ1v) is 7.31. The van der Waals surface area contributed by atoms with Crippen molar-refractivity contribution in [1.29, 1.82) is 0 Å². The number of nitrogens with zero attached hydrogens (tertiary/aromatic N) is 2. The van der Waals surface area contributed by atoms with Crippen molar-refractivity contribution in [3.8, 4) is 0 Å². The molecule has 1 aromatic carbocycles. The Balaban J connectivity index is 1.88. The van der Waals surface area contributed by atoms with Gasteiger partial charge >= 0.3 is 5.97 Å². The van der Waals surface area contributed by atoms with Gasteiger partial charge in [-0.15, -0.1) is 0 Å². The highest BCUT2D eigenvalue weighted by Crippen LogP contribution is 2.26. The molecule has 1 aliphatic rings. The van der Waals surface area contributed by atoms with Gasteiger partial charge in [0.05, 0.1) is 30.0 Å². The number of rotatable bonds is 3. The summed E-state index contributed by atoms with van der Waals surface area (Å²) in [6.45, 7) is 1.00. The quantitative estimate of drug-likeness (QED) is 0.804. The SMILES string of the molecule is COC(=O)c1ccc2ncn(CC3CCCCC3)c2c1. The van der Waals surface area contributed by atoms with Gasteiger partial charge in [0.25, 0.3) is 0 Å². The van der Waals surface area contributed by atoms with E-state index in [1.807, 2.05) is 18.5 Å². The van der Waals surface area contributed by atoms with Crippen LogP contribution in [0.5, 0.6) is 0 Å². The number of esters is 1. The normalized spacial score (nSPS) is 16.4. The van der Waals surface area contributed by atoms with Gasteiger partial charge in [-0.25, -0.2) is 9.78 Å². The van der Waals surface area contributed by atoms with E-state index in [1.54, 1.807) is 6.07 Å². The zero-order valence-corrected chi connectivity index (χ0v) is 11.8. The van der Waals surface area contributed by atoms with E-state index < -0.39 is 0 Å². The molecule has 4 nitrogen and oxygen atoms in total. The van der Waals surface area contributed by atoms with Crippen molar-refractivity contribution in [1.82, 2.24) is 9.55 Å². The molecule has 0 bridgehead atoms. The molecule has 4 heteroatoms. The Labute approximate surface area is 118 Å². The van der Waals surface area contributed by atoms with Crippen molar-refractivity contribution < 1.29 is 9.53 Å². The van der Waals surface area contributed by atoms with Gasteiger partial charge in [-0.1, -0.05) is 19.3 Å². The minimum absolute atomic E-state index is 0.294. The largest absolute Gasteiger partial charge is 0.465 e. The lowest BCUT2D eigenvalue weighted by Gasteiger charge is -2.22. The molecule has 0 amide bonds. The molecule has 0 atom stereocenters. The molecule has 0 radical (unpaired) electrons. The number of hydrogen-bond acceptors (Lipinski definition) is 3. The lowest BCUT2D eigenvalue weighted by Crippen LogP contribution is -2.13. The molecule has 1 fully saturated rings. The third-order valence-corrected chi connectivity index (χ3v) is 4.22. The van der Waals surface area contributed by atoms with Crippen LogP contribution in [0.15, 0.2) is 24.5 Å². The second kappa shape index (κ2) is 5.65. The summed E-state index contributed by atoms with van der Waals surface area (Å²) >= 11 is 0. The summed E-state index contributed by atoms with van der Waals surface area (Å²) in [4.78, 5) is 16.0. The Kier molecular flexibility index (Phi) is 3.72. The van der Waals surface area contributed by atoms with E-state index in [0.717, 1.165) is 23.5 Å². The Morgan fingerprint density at radius 2 is 2.15 bits per heavy atom. The Morgan fingerprint density at radius 3 is 2.90 bits per heavy atom. The molecule has 1 saturated carbocycles. The molecule has 3 rings (SSSR count). The number of benzene rings is 1. The number of hydrogen-bond donors (Lipinski definition) is 0. The highest BCUT2D eigenvalue weighted by atomic mass is 16.5. The lowest BCUT2D eigenvalue weighted by atomic mass is 9.89. The van der Waals surface area contributed by atoms with Crippen LogP contribution in [-0.2, 0) is 11.3 Å². The predicted octanol–water partition coefficient (Wildman–Crippen LogP) is 3.40. The van der Waals surface area contributed by atoms with Crippen molar-refractivity contribution in [2.24, 2.45) is 5.92 Å². The number of imidazole rings is 1. The van der Waals surface area contributed by atoms with Crippen molar-refractivity contribution in [2.75, 3.05) is 7.11 Å². The van der Waals surface area contributed by atoms with Crippen LogP contribution < -0.4 is 0 Å². The maximum atomic E-state index is 11.6. The molecular weight excluding hydrogens is 252 g/mol. The fourth-order valence-corrected chi connectivity index (χ4v) is 3.09. The van der Waals surface area contributed by atoms with Gasteiger partial charge in [0, 0.05) is 6.54 Å². The van der Waals surface area contributed by atoms with E-state index in [4.69, 9.17) is 4.74 Å². The van der Waals surface area contributed by atoms with Crippen molar-refractivity contribution in [3.63, 3.8) is 0 Å². The van der Waals surface area contributed by atoms with E-state index in [1.165, 1.54) is 39.2 Å². The van der Waals surface area contributed by atoms with Crippen LogP contribution in [0.3, 0.4) is 0 Å². The maximum Gasteiger partial charge on any atom is 0.337 e. The molecule has 0 aliphatic heterocycles. The average molecular weight is 272 g/mol. The molecule has 1 heterocycles. The summed E-state index contributed by atoms with van der Waals surface area (Å²) in [6, 6.07) is 5.54. The van der Waals surface area contributed by atoms with Crippen LogP contribution in [0.1, 0.15) is 42.5 Å². The van der Waals surface area contributed by atoms with Crippen LogP contribution in [-0.4, -0.2) is 22.6 Å². The van der Waals surface area contributed by atoms with Crippen molar-refractivity contribution >= 4 is 17.0 Å². The molecule has 0 N–H and O–H groups in total. The van der Waals surface area contributed by atoms with Gasteiger partial charge in [-0.05, 0) is 37.0 Å². The van der Waals surface area contributed by atoms with Gasteiger partial charge in [0.15, 0.2) is 0 Å². The third kappa shape index (κ3) is 2.55. The average Bonchev–Trinajstić information content (AvgIpc) is 2.90. The summed E-state index contributed by atoms with van der Waals surface area (Å²) in [5, 5.41) is 0. The number of aromatic nitrogens is 2. The first-order chi connectivity index (χ1) is 9.78. The van der Waals surface area contributed by atoms with Crippen LogP contribution in [0.2, 0.25) is 0 Å². The first kappa shape index (κ1) is 13.2. The number of methoxy groups -OCH3 is 1. The van der Waals surface area contributed by atoms with Crippen molar-refractivity contribution in [3.05, 3.63) is 30.1 Å². The molecule has 1 aromatic heterocycles. The Hall–Kier alpha value is -1.84. The number of carbonyl (C=O) groups is 1. The summed E-state index contributed by atoms with van der Waals surface area (Å²) in [5.74, 6) is 0.445. The van der Waals surface area contributed by atoms with Crippen molar-refractivity contribution in [2.45, 2.75) is 38.6 Å². The maximum absolute atomic E-state index is 11.6. The molecule has 1 aliphatic carbocycles. The van der Waals surface area contributed by atoms with E-state index in [-0.39, 0.29) is 5.97 Å². The number of carbonyl (C=O) groups excluding carboxylic acids is 1. The molecule has 0 spiro atoms. The molecule has 2 aromatic rings. The highest BCUT2D eigenvalue weighted by molar-refractivity contribution is 5.93. The zero-order valence-electron chi connectivity index (χ0n) is 11.8. The van der Waals surface area contributed by atoms with Gasteiger partial charge in [0.2, 0.25) is 0 Å². The standard InChI is InChI=1S/C16H20N2O2/c1-20-16(19)13-7-8-14-15(9-13)18(11-17-14)10-12-5-3-2-4-6-12/h7-9,11-12H,2-6,10H2,1H3. The van der Waals surface area contributed by atoms with Gasteiger partial charge in [-0.3, -0.25) is 0 Å². The van der Waals surface area contributed by atoms with Gasteiger partial charge < -0.3 is 9.30 Å². The fourth-order valence-electron chi connectivity index (χ4n) is 3.09. The lowest BCUT2D eigenvalue weighted by molar-refractivity contribution is 0.0601. The summed E-state index contributed by atoms with van der Waals surface area (Å²) in [6.07, 6.45) is 8.54. The second-order valence-electron chi connectivity index (χ2n) is 5.60. The highest BCUT2D eigenvalue weighted by Gasteiger charge is 2.16.